The van der Waals surface area contributed by atoms with E-state index in [-0.39, 0.29) is 11.7 Å². The van der Waals surface area contributed by atoms with Gasteiger partial charge in [-0.2, -0.15) is 0 Å². The zero-order valence-corrected chi connectivity index (χ0v) is 10.2. The molecule has 2 aliphatic rings. The summed E-state index contributed by atoms with van der Waals surface area (Å²) >= 11 is 0. The van der Waals surface area contributed by atoms with E-state index in [2.05, 4.69) is 0 Å². The smallest absolute Gasteiger partial charge is 0.263 e. The second-order valence-corrected chi connectivity index (χ2v) is 4.95. The molecule has 4 heteroatoms. The van der Waals surface area contributed by atoms with Gasteiger partial charge in [-0.05, 0) is 37.5 Å². The van der Waals surface area contributed by atoms with Crippen LogP contribution in [0, 0.1) is 5.82 Å². The molecule has 1 amide bonds. The molecular formula is C14H16FNO2. The van der Waals surface area contributed by atoms with E-state index in [4.69, 9.17) is 4.74 Å². The van der Waals surface area contributed by atoms with Gasteiger partial charge in [0.2, 0.25) is 0 Å². The summed E-state index contributed by atoms with van der Waals surface area (Å²) in [5.41, 5.74) is 0.797. The first-order valence-corrected chi connectivity index (χ1v) is 6.48. The summed E-state index contributed by atoms with van der Waals surface area (Å²) in [6.45, 7) is 1.65. The predicted molar refractivity (Wildman–Crippen MR) is 65.0 cm³/mol. The number of nitrogens with zero attached hydrogens (tertiary/aromatic N) is 1. The van der Waals surface area contributed by atoms with Gasteiger partial charge in [-0.1, -0.05) is 0 Å². The Morgan fingerprint density at radius 2 is 2.06 bits per heavy atom. The van der Waals surface area contributed by atoms with Crippen molar-refractivity contribution < 1.29 is 13.9 Å². The van der Waals surface area contributed by atoms with Crippen molar-refractivity contribution in [2.24, 2.45) is 0 Å². The fraction of sp³-hybridized carbons (Fsp3) is 0.500. The van der Waals surface area contributed by atoms with Crippen molar-refractivity contribution in [3.05, 3.63) is 29.6 Å². The summed E-state index contributed by atoms with van der Waals surface area (Å²) in [4.78, 5) is 14.1. The number of halogens is 1. The van der Waals surface area contributed by atoms with Crippen molar-refractivity contribution in [1.82, 2.24) is 4.90 Å². The van der Waals surface area contributed by atoms with E-state index in [0.717, 1.165) is 31.5 Å². The number of fused-ring (bicyclic) bond motifs is 1. The molecule has 0 bridgehead atoms. The third-order valence-electron chi connectivity index (χ3n) is 3.64. The van der Waals surface area contributed by atoms with Crippen molar-refractivity contribution in [3.63, 3.8) is 0 Å². The third kappa shape index (κ3) is 2.07. The summed E-state index contributed by atoms with van der Waals surface area (Å²) in [7, 11) is 0. The number of likely N-dealkylation sites (tertiary alicyclic amines) is 1. The highest BCUT2D eigenvalue weighted by atomic mass is 19.1. The largest absolute Gasteiger partial charge is 0.480 e. The molecule has 2 aliphatic heterocycles. The molecule has 3 nitrogen and oxygen atoms in total. The normalized spacial score (nSPS) is 22.5. The van der Waals surface area contributed by atoms with Gasteiger partial charge in [-0.15, -0.1) is 0 Å². The Kier molecular flexibility index (Phi) is 2.94. The highest BCUT2D eigenvalue weighted by Gasteiger charge is 2.32. The maximum Gasteiger partial charge on any atom is 0.263 e. The van der Waals surface area contributed by atoms with Gasteiger partial charge in [0.15, 0.2) is 6.10 Å². The van der Waals surface area contributed by atoms with Crippen LogP contribution in [0.5, 0.6) is 5.75 Å². The van der Waals surface area contributed by atoms with Crippen LogP contribution in [-0.2, 0) is 11.2 Å². The lowest BCUT2D eigenvalue weighted by Gasteiger charge is -2.28. The van der Waals surface area contributed by atoms with E-state index in [9.17, 15) is 9.18 Å². The summed E-state index contributed by atoms with van der Waals surface area (Å²) in [5.74, 6) is 0.418. The number of rotatable bonds is 1. The van der Waals surface area contributed by atoms with Crippen LogP contribution in [0.15, 0.2) is 18.2 Å². The van der Waals surface area contributed by atoms with E-state index in [0.29, 0.717) is 12.2 Å². The number of piperidine rings is 1. The van der Waals surface area contributed by atoms with Crippen molar-refractivity contribution in [3.8, 4) is 5.75 Å². The Labute approximate surface area is 106 Å². The Morgan fingerprint density at radius 1 is 1.28 bits per heavy atom. The minimum Gasteiger partial charge on any atom is -0.480 e. The monoisotopic (exact) mass is 249 g/mol. The van der Waals surface area contributed by atoms with E-state index >= 15 is 0 Å². The molecule has 2 heterocycles. The minimum absolute atomic E-state index is 0.0475. The lowest BCUT2D eigenvalue weighted by atomic mass is 10.1. The first kappa shape index (κ1) is 11.5. The fourth-order valence-electron chi connectivity index (χ4n) is 2.67. The molecule has 1 atom stereocenters. The molecule has 1 unspecified atom stereocenters. The average molecular weight is 249 g/mol. The van der Waals surface area contributed by atoms with E-state index in [1.165, 1.54) is 18.6 Å². The maximum atomic E-state index is 13.1. The molecule has 0 N–H and O–H groups in total. The van der Waals surface area contributed by atoms with Gasteiger partial charge in [0.05, 0.1) is 0 Å². The van der Waals surface area contributed by atoms with Gasteiger partial charge in [0.1, 0.15) is 11.6 Å². The van der Waals surface area contributed by atoms with Crippen LogP contribution < -0.4 is 4.74 Å². The quantitative estimate of drug-likeness (QED) is 0.763. The average Bonchev–Trinajstić information content (AvgIpc) is 2.81. The Bertz CT molecular complexity index is 469. The number of benzene rings is 1. The molecule has 3 rings (SSSR count). The molecule has 0 aromatic heterocycles. The first-order valence-electron chi connectivity index (χ1n) is 6.48. The number of carbonyl (C=O) groups is 1. The number of ether oxygens (including phenoxy) is 1. The van der Waals surface area contributed by atoms with Crippen molar-refractivity contribution in [1.29, 1.82) is 0 Å². The van der Waals surface area contributed by atoms with Crippen molar-refractivity contribution in [2.45, 2.75) is 31.8 Å². The Morgan fingerprint density at radius 3 is 2.83 bits per heavy atom. The Hall–Kier alpha value is -1.58. The molecule has 96 valence electrons. The number of hydrogen-bond acceptors (Lipinski definition) is 2. The molecule has 0 radical (unpaired) electrons. The van der Waals surface area contributed by atoms with E-state index in [1.54, 1.807) is 6.07 Å². The van der Waals surface area contributed by atoms with E-state index < -0.39 is 6.10 Å². The van der Waals surface area contributed by atoms with Crippen molar-refractivity contribution in [2.75, 3.05) is 13.1 Å². The Balaban J connectivity index is 1.71. The molecule has 1 aromatic rings. The second kappa shape index (κ2) is 4.59. The van der Waals surface area contributed by atoms with Crippen LogP contribution in [0.25, 0.3) is 0 Å². The molecular weight excluding hydrogens is 233 g/mol. The van der Waals surface area contributed by atoms with Crippen LogP contribution >= 0.6 is 0 Å². The highest BCUT2D eigenvalue weighted by molar-refractivity contribution is 5.82. The predicted octanol–water partition coefficient (Wildman–Crippen LogP) is 2.14. The minimum atomic E-state index is -0.458. The maximum absolute atomic E-state index is 13.1. The van der Waals surface area contributed by atoms with Gasteiger partial charge in [0.25, 0.3) is 5.91 Å². The van der Waals surface area contributed by atoms with E-state index in [1.807, 2.05) is 4.90 Å². The summed E-state index contributed by atoms with van der Waals surface area (Å²) in [6, 6.07) is 4.43. The summed E-state index contributed by atoms with van der Waals surface area (Å²) < 4.78 is 18.7. The highest BCUT2D eigenvalue weighted by Crippen LogP contribution is 2.30. The number of hydrogen-bond donors (Lipinski definition) is 0. The van der Waals surface area contributed by atoms with Gasteiger partial charge >= 0.3 is 0 Å². The van der Waals surface area contributed by atoms with Gasteiger partial charge < -0.3 is 9.64 Å². The number of amides is 1. The lowest BCUT2D eigenvalue weighted by Crippen LogP contribution is -2.43. The van der Waals surface area contributed by atoms with Crippen LogP contribution in [0.3, 0.4) is 0 Å². The SMILES string of the molecule is O=C(C1Cc2cc(F)ccc2O1)N1CCCCC1. The second-order valence-electron chi connectivity index (χ2n) is 4.95. The fourth-order valence-corrected chi connectivity index (χ4v) is 2.67. The molecule has 1 fully saturated rings. The first-order chi connectivity index (χ1) is 8.74. The zero-order valence-electron chi connectivity index (χ0n) is 10.2. The molecule has 1 saturated heterocycles. The molecule has 1 aromatic carbocycles. The van der Waals surface area contributed by atoms with Crippen LogP contribution in [-0.4, -0.2) is 30.0 Å². The van der Waals surface area contributed by atoms with Gasteiger partial charge in [-0.25, -0.2) is 4.39 Å². The van der Waals surface area contributed by atoms with Gasteiger partial charge in [-0.3, -0.25) is 4.79 Å². The van der Waals surface area contributed by atoms with Gasteiger partial charge in [0, 0.05) is 25.1 Å². The molecule has 0 saturated carbocycles. The number of carbonyl (C=O) groups excluding carboxylic acids is 1. The van der Waals surface area contributed by atoms with Crippen LogP contribution in [0.4, 0.5) is 4.39 Å². The van der Waals surface area contributed by atoms with Crippen LogP contribution in [0.2, 0.25) is 0 Å². The standard InChI is InChI=1S/C14H16FNO2/c15-11-4-5-12-10(8-11)9-13(18-12)14(17)16-6-2-1-3-7-16/h4-5,8,13H,1-3,6-7,9H2. The van der Waals surface area contributed by atoms with Crippen LogP contribution in [0.1, 0.15) is 24.8 Å². The molecule has 0 aliphatic carbocycles. The third-order valence-corrected chi connectivity index (χ3v) is 3.64. The topological polar surface area (TPSA) is 29.5 Å². The molecule has 0 spiro atoms. The summed E-state index contributed by atoms with van der Waals surface area (Å²) in [5, 5.41) is 0. The zero-order chi connectivity index (χ0) is 12.5. The van der Waals surface area contributed by atoms with Crippen molar-refractivity contribution >= 4 is 5.91 Å². The lowest BCUT2D eigenvalue weighted by molar-refractivity contribution is -0.138. The summed E-state index contributed by atoms with van der Waals surface area (Å²) in [6.07, 6.45) is 3.36. The molecule has 18 heavy (non-hydrogen) atoms.